The number of ether oxygens (including phenoxy) is 1. The second-order valence-electron chi connectivity index (χ2n) is 11.5. The van der Waals surface area contributed by atoms with E-state index in [2.05, 4.69) is 22.3 Å². The minimum atomic E-state index is -3.92. The Morgan fingerprint density at radius 1 is 0.812 bits per heavy atom. The summed E-state index contributed by atoms with van der Waals surface area (Å²) in [5.74, 6) is -0.104. The Kier molecular flexibility index (Phi) is 12.0. The predicted octanol–water partition coefficient (Wildman–Crippen LogP) is 7.28. The Bertz CT molecular complexity index is 1900. The number of carbonyl (C=O) groups is 1. The molecule has 5 aromatic rings. The van der Waals surface area contributed by atoms with Crippen LogP contribution in [0, 0.1) is 0 Å². The largest absolute Gasteiger partial charge is 0.488 e. The Hall–Kier alpha value is -4.47. The lowest BCUT2D eigenvalue weighted by Gasteiger charge is -2.25. The van der Waals surface area contributed by atoms with Crippen LogP contribution in [0.15, 0.2) is 137 Å². The van der Waals surface area contributed by atoms with E-state index in [4.69, 9.17) is 16.3 Å². The highest BCUT2D eigenvalue weighted by Crippen LogP contribution is 2.28. The lowest BCUT2D eigenvalue weighted by molar-refractivity contribution is 0.0951. The van der Waals surface area contributed by atoms with Gasteiger partial charge in [0.15, 0.2) is 0 Å². The van der Waals surface area contributed by atoms with Crippen LogP contribution < -0.4 is 10.1 Å². The molecule has 248 valence electrons. The molecule has 0 aliphatic carbocycles. The van der Waals surface area contributed by atoms with Crippen molar-refractivity contribution < 1.29 is 23.1 Å². The summed E-state index contributed by atoms with van der Waals surface area (Å²) in [6.07, 6.45) is -0.0797. The van der Waals surface area contributed by atoms with Crippen LogP contribution in [0.5, 0.6) is 5.75 Å². The molecule has 7 nitrogen and oxygen atoms in total. The lowest BCUT2D eigenvalue weighted by atomic mass is 10.1. The molecule has 0 radical (unpaired) electrons. The Balaban J connectivity index is 1.30. The van der Waals surface area contributed by atoms with Gasteiger partial charge in [0.25, 0.3) is 5.91 Å². The molecule has 0 fully saturated rings. The van der Waals surface area contributed by atoms with Gasteiger partial charge in [0.05, 0.1) is 21.5 Å². The van der Waals surface area contributed by atoms with E-state index in [1.54, 1.807) is 31.2 Å². The zero-order chi connectivity index (χ0) is 33.9. The van der Waals surface area contributed by atoms with Gasteiger partial charge in [0.1, 0.15) is 12.4 Å². The van der Waals surface area contributed by atoms with E-state index in [9.17, 15) is 18.3 Å². The molecule has 0 heterocycles. The van der Waals surface area contributed by atoms with E-state index in [1.165, 1.54) is 18.2 Å². The molecule has 0 aromatic heterocycles. The fraction of sp³-hybridized carbons (Fsp3) is 0.205. The van der Waals surface area contributed by atoms with Gasteiger partial charge in [-0.2, -0.15) is 0 Å². The highest BCUT2D eigenvalue weighted by Gasteiger charge is 2.22. The van der Waals surface area contributed by atoms with Gasteiger partial charge in [0, 0.05) is 31.2 Å². The number of halogens is 1. The number of hydrogen-bond donors (Lipinski definition) is 2. The van der Waals surface area contributed by atoms with Crippen LogP contribution in [0.4, 0.5) is 0 Å². The van der Waals surface area contributed by atoms with Crippen molar-refractivity contribution in [1.29, 1.82) is 0 Å². The fourth-order valence-corrected chi connectivity index (χ4v) is 6.86. The molecule has 5 rings (SSSR count). The first kappa shape index (κ1) is 34.9. The second-order valence-corrected chi connectivity index (χ2v) is 13.9. The summed E-state index contributed by atoms with van der Waals surface area (Å²) in [4.78, 5) is 15.2. The summed E-state index contributed by atoms with van der Waals surface area (Å²) in [5, 5.41) is 14.3. The molecular weight excluding hydrogens is 644 g/mol. The standard InChI is InChI=1S/C39H39ClN2O5S/c1-2-41-39(44)36-25-35(20-21-38(36)47-28-31-12-7-4-8-13-31)48(45,46)34-18-16-29(17-19-34)22-23-42(26-30-10-5-3-6-11-30)27-37(43)32-14-9-15-33(40)24-32/h3-21,24-25,37,43H,2,22-23,26-28H2,1H3,(H,41,44)/t37-/m0/s1. The Morgan fingerprint density at radius 2 is 1.48 bits per heavy atom. The van der Waals surface area contributed by atoms with Crippen molar-refractivity contribution in [2.45, 2.75) is 42.4 Å². The van der Waals surface area contributed by atoms with Gasteiger partial charge >= 0.3 is 0 Å². The average molecular weight is 683 g/mol. The molecule has 48 heavy (non-hydrogen) atoms. The summed E-state index contributed by atoms with van der Waals surface area (Å²) >= 11 is 6.16. The van der Waals surface area contributed by atoms with Crippen molar-refractivity contribution >= 4 is 27.3 Å². The number of aliphatic hydroxyl groups excluding tert-OH is 1. The van der Waals surface area contributed by atoms with E-state index in [0.717, 1.165) is 22.3 Å². The van der Waals surface area contributed by atoms with Gasteiger partial charge in [-0.3, -0.25) is 9.69 Å². The van der Waals surface area contributed by atoms with Crippen LogP contribution in [-0.2, 0) is 29.4 Å². The fourth-order valence-electron chi connectivity index (χ4n) is 5.37. The van der Waals surface area contributed by atoms with Gasteiger partial charge in [-0.05, 0) is 78.1 Å². The van der Waals surface area contributed by atoms with E-state index in [1.807, 2.05) is 72.8 Å². The molecule has 0 saturated carbocycles. The summed E-state index contributed by atoms with van der Waals surface area (Å²) in [5.41, 5.74) is 3.92. The molecule has 1 amide bonds. The molecule has 0 aliphatic heterocycles. The monoisotopic (exact) mass is 682 g/mol. The lowest BCUT2D eigenvalue weighted by Crippen LogP contribution is -2.30. The van der Waals surface area contributed by atoms with Gasteiger partial charge < -0.3 is 15.2 Å². The van der Waals surface area contributed by atoms with E-state index in [-0.39, 0.29) is 22.0 Å². The zero-order valence-corrected chi connectivity index (χ0v) is 28.3. The molecule has 0 spiro atoms. The third-order valence-corrected chi connectivity index (χ3v) is 9.95. The third-order valence-electron chi connectivity index (χ3n) is 7.94. The summed E-state index contributed by atoms with van der Waals surface area (Å²) in [7, 11) is -3.92. The maximum absolute atomic E-state index is 13.7. The van der Waals surface area contributed by atoms with Crippen molar-refractivity contribution in [3.63, 3.8) is 0 Å². The van der Waals surface area contributed by atoms with Gasteiger partial charge in [-0.1, -0.05) is 96.5 Å². The number of hydrogen-bond acceptors (Lipinski definition) is 6. The molecule has 5 aromatic carbocycles. The predicted molar refractivity (Wildman–Crippen MR) is 189 cm³/mol. The second kappa shape index (κ2) is 16.6. The minimum absolute atomic E-state index is 0.00704. The third kappa shape index (κ3) is 9.33. The SMILES string of the molecule is CCNC(=O)c1cc(S(=O)(=O)c2ccc(CCN(Cc3ccccc3)C[C@H](O)c3cccc(Cl)c3)cc2)ccc1OCc1ccccc1. The van der Waals surface area contributed by atoms with Crippen LogP contribution in [0.1, 0.15) is 45.6 Å². The van der Waals surface area contributed by atoms with Gasteiger partial charge in [-0.15, -0.1) is 0 Å². The number of nitrogens with zero attached hydrogens (tertiary/aromatic N) is 1. The van der Waals surface area contributed by atoms with Crippen molar-refractivity contribution in [3.8, 4) is 5.75 Å². The first-order valence-electron chi connectivity index (χ1n) is 15.9. The van der Waals surface area contributed by atoms with Crippen molar-refractivity contribution in [2.24, 2.45) is 0 Å². The van der Waals surface area contributed by atoms with E-state index >= 15 is 0 Å². The number of amides is 1. The summed E-state index contributed by atoms with van der Waals surface area (Å²) in [6.45, 7) is 4.11. The van der Waals surface area contributed by atoms with E-state index < -0.39 is 21.8 Å². The minimum Gasteiger partial charge on any atom is -0.488 e. The van der Waals surface area contributed by atoms with Gasteiger partial charge in [-0.25, -0.2) is 8.42 Å². The topological polar surface area (TPSA) is 95.9 Å². The quantitative estimate of drug-likeness (QED) is 0.121. The molecule has 0 unspecified atom stereocenters. The molecule has 0 bridgehead atoms. The van der Waals surface area contributed by atoms with Crippen LogP contribution in [-0.4, -0.2) is 44.0 Å². The molecule has 9 heteroatoms. The number of benzene rings is 5. The number of aliphatic hydroxyl groups is 1. The van der Waals surface area contributed by atoms with Crippen LogP contribution in [0.25, 0.3) is 0 Å². The smallest absolute Gasteiger partial charge is 0.255 e. The van der Waals surface area contributed by atoms with Crippen molar-refractivity contribution in [1.82, 2.24) is 10.2 Å². The highest BCUT2D eigenvalue weighted by molar-refractivity contribution is 7.91. The average Bonchev–Trinajstić information content (AvgIpc) is 3.10. The number of rotatable bonds is 15. The van der Waals surface area contributed by atoms with Crippen LogP contribution >= 0.6 is 11.6 Å². The van der Waals surface area contributed by atoms with E-state index in [0.29, 0.717) is 43.4 Å². The summed E-state index contributed by atoms with van der Waals surface area (Å²) < 4.78 is 33.3. The van der Waals surface area contributed by atoms with Crippen molar-refractivity contribution in [3.05, 3.63) is 160 Å². The molecule has 2 N–H and O–H groups in total. The van der Waals surface area contributed by atoms with Crippen LogP contribution in [0.3, 0.4) is 0 Å². The molecule has 0 saturated heterocycles. The van der Waals surface area contributed by atoms with Crippen molar-refractivity contribution in [2.75, 3.05) is 19.6 Å². The Morgan fingerprint density at radius 3 is 2.15 bits per heavy atom. The van der Waals surface area contributed by atoms with Gasteiger partial charge in [0.2, 0.25) is 9.84 Å². The normalized spacial score (nSPS) is 12.1. The molecule has 1 atom stereocenters. The molecular formula is C39H39ClN2O5S. The summed E-state index contributed by atoms with van der Waals surface area (Å²) in [6, 6.07) is 38.0. The zero-order valence-electron chi connectivity index (χ0n) is 26.8. The first-order chi connectivity index (χ1) is 23.2. The number of nitrogens with one attached hydrogen (secondary N) is 1. The van der Waals surface area contributed by atoms with Crippen LogP contribution in [0.2, 0.25) is 5.02 Å². The maximum Gasteiger partial charge on any atom is 0.255 e. The Labute approximate surface area is 287 Å². The highest BCUT2D eigenvalue weighted by atomic mass is 35.5. The molecule has 0 aliphatic rings. The maximum atomic E-state index is 13.7. The first-order valence-corrected chi connectivity index (χ1v) is 17.7. The number of sulfone groups is 1. The number of carbonyl (C=O) groups excluding carboxylic acids is 1.